The second-order valence-electron chi connectivity index (χ2n) is 6.39. The van der Waals surface area contributed by atoms with Gasteiger partial charge in [-0.1, -0.05) is 6.07 Å². The normalized spacial score (nSPS) is 16.4. The maximum atomic E-state index is 12.5. The first-order valence-corrected chi connectivity index (χ1v) is 10.5. The van der Waals surface area contributed by atoms with Gasteiger partial charge in [-0.05, 0) is 50.5 Å². The van der Waals surface area contributed by atoms with Crippen molar-refractivity contribution in [1.82, 2.24) is 4.90 Å². The summed E-state index contributed by atoms with van der Waals surface area (Å²) >= 11 is 4.34. The van der Waals surface area contributed by atoms with Gasteiger partial charge in [0, 0.05) is 23.7 Å². The van der Waals surface area contributed by atoms with E-state index in [0.717, 1.165) is 38.4 Å². The van der Waals surface area contributed by atoms with Gasteiger partial charge in [-0.2, -0.15) is 8.42 Å². The van der Waals surface area contributed by atoms with E-state index >= 15 is 0 Å². The molecule has 1 aromatic rings. The Morgan fingerprint density at radius 2 is 1.89 bits per heavy atom. The van der Waals surface area contributed by atoms with Crippen molar-refractivity contribution in [2.75, 3.05) is 18.4 Å². The first-order chi connectivity index (χ1) is 13.1. The number of benzene rings is 1. The SMILES string of the molecule is CC(=O)/C(=C\C(S)=C(\N)N1CCCCC1)C(=O)Nc1cccc(S(=O)(=O)O)c1. The van der Waals surface area contributed by atoms with Crippen LogP contribution in [0.1, 0.15) is 26.2 Å². The quantitative estimate of drug-likeness (QED) is 0.137. The first-order valence-electron chi connectivity index (χ1n) is 8.65. The molecule has 2 rings (SSSR count). The number of nitrogens with zero attached hydrogens (tertiary/aromatic N) is 1. The Hall–Kier alpha value is -2.30. The number of hydrogen-bond donors (Lipinski definition) is 4. The number of hydrogen-bond acceptors (Lipinski definition) is 7. The van der Waals surface area contributed by atoms with Crippen molar-refractivity contribution in [3.05, 3.63) is 46.6 Å². The molecule has 0 bridgehead atoms. The molecule has 1 fully saturated rings. The van der Waals surface area contributed by atoms with Crippen LogP contribution < -0.4 is 11.1 Å². The molecule has 8 nitrogen and oxygen atoms in total. The van der Waals surface area contributed by atoms with E-state index in [1.165, 1.54) is 31.2 Å². The fraction of sp³-hybridized carbons (Fsp3) is 0.333. The van der Waals surface area contributed by atoms with Crippen LogP contribution in [-0.2, 0) is 19.7 Å². The summed E-state index contributed by atoms with van der Waals surface area (Å²) in [5.41, 5.74) is 6.04. The van der Waals surface area contributed by atoms with Gasteiger partial charge in [0.05, 0.1) is 10.5 Å². The number of Topliss-reactive ketones (excluding diaryl/α,β-unsaturated/α-hetero) is 1. The van der Waals surface area contributed by atoms with Crippen LogP contribution in [0.2, 0.25) is 0 Å². The molecule has 10 heteroatoms. The number of ketones is 1. The van der Waals surface area contributed by atoms with Crippen molar-refractivity contribution < 1.29 is 22.6 Å². The lowest BCUT2D eigenvalue weighted by Gasteiger charge is -2.29. The molecule has 0 radical (unpaired) electrons. The molecule has 0 atom stereocenters. The minimum absolute atomic E-state index is 0.112. The van der Waals surface area contributed by atoms with E-state index < -0.39 is 21.8 Å². The second-order valence-corrected chi connectivity index (χ2v) is 8.29. The molecule has 1 aliphatic rings. The Morgan fingerprint density at radius 1 is 1.25 bits per heavy atom. The number of carbonyl (C=O) groups excluding carboxylic acids is 2. The smallest absolute Gasteiger partial charge is 0.294 e. The molecular weight excluding hydrogens is 402 g/mol. The largest absolute Gasteiger partial charge is 0.384 e. The van der Waals surface area contributed by atoms with Crippen LogP contribution in [0.15, 0.2) is 51.5 Å². The summed E-state index contributed by atoms with van der Waals surface area (Å²) in [5.74, 6) is -0.845. The maximum absolute atomic E-state index is 12.5. The van der Waals surface area contributed by atoms with E-state index in [9.17, 15) is 18.0 Å². The summed E-state index contributed by atoms with van der Waals surface area (Å²) in [5, 5.41) is 2.45. The molecule has 0 saturated carbocycles. The summed E-state index contributed by atoms with van der Waals surface area (Å²) < 4.78 is 31.6. The molecule has 0 aromatic heterocycles. The van der Waals surface area contributed by atoms with Gasteiger partial charge in [-0.3, -0.25) is 14.1 Å². The fourth-order valence-electron chi connectivity index (χ4n) is 2.77. The van der Waals surface area contributed by atoms with E-state index in [2.05, 4.69) is 17.9 Å². The van der Waals surface area contributed by atoms with Crippen molar-refractivity contribution in [2.45, 2.75) is 31.1 Å². The highest BCUT2D eigenvalue weighted by atomic mass is 32.2. The molecule has 152 valence electrons. The lowest BCUT2D eigenvalue weighted by molar-refractivity contribution is -0.118. The average Bonchev–Trinajstić information content (AvgIpc) is 2.65. The number of piperidine rings is 1. The molecule has 0 unspecified atom stereocenters. The van der Waals surface area contributed by atoms with E-state index in [1.807, 2.05) is 4.90 Å². The molecule has 28 heavy (non-hydrogen) atoms. The Bertz CT molecular complexity index is 932. The van der Waals surface area contributed by atoms with Crippen LogP contribution in [0.4, 0.5) is 5.69 Å². The number of nitrogens with two attached hydrogens (primary N) is 1. The van der Waals surface area contributed by atoms with Gasteiger partial charge in [0.25, 0.3) is 16.0 Å². The summed E-state index contributed by atoms with van der Waals surface area (Å²) in [6.07, 6.45) is 4.45. The van der Waals surface area contributed by atoms with Crippen molar-refractivity contribution in [3.8, 4) is 0 Å². The van der Waals surface area contributed by atoms with E-state index in [0.29, 0.717) is 10.7 Å². The van der Waals surface area contributed by atoms with Crippen molar-refractivity contribution in [3.63, 3.8) is 0 Å². The van der Waals surface area contributed by atoms with E-state index in [1.54, 1.807) is 0 Å². The molecule has 1 aromatic carbocycles. The summed E-state index contributed by atoms with van der Waals surface area (Å²) in [4.78, 5) is 26.4. The Labute approximate surface area is 169 Å². The van der Waals surface area contributed by atoms with Crippen LogP contribution in [0.25, 0.3) is 0 Å². The number of likely N-dealkylation sites (tertiary alicyclic amines) is 1. The van der Waals surface area contributed by atoms with Gasteiger partial charge < -0.3 is 16.0 Å². The third kappa shape index (κ3) is 5.85. The molecule has 1 amide bonds. The average molecular weight is 426 g/mol. The van der Waals surface area contributed by atoms with Crippen LogP contribution in [0.5, 0.6) is 0 Å². The summed E-state index contributed by atoms with van der Waals surface area (Å²) in [6, 6.07) is 5.06. The molecule has 1 saturated heterocycles. The summed E-state index contributed by atoms with van der Waals surface area (Å²) in [7, 11) is -4.41. The predicted molar refractivity (Wildman–Crippen MR) is 109 cm³/mol. The van der Waals surface area contributed by atoms with Crippen LogP contribution in [0.3, 0.4) is 0 Å². The third-order valence-electron chi connectivity index (χ3n) is 4.25. The number of rotatable bonds is 6. The zero-order valence-electron chi connectivity index (χ0n) is 15.4. The number of nitrogens with one attached hydrogen (secondary N) is 1. The minimum Gasteiger partial charge on any atom is -0.384 e. The Kier molecular flexibility index (Phi) is 7.28. The van der Waals surface area contributed by atoms with Gasteiger partial charge in [0.1, 0.15) is 5.82 Å². The van der Waals surface area contributed by atoms with Crippen molar-refractivity contribution in [2.24, 2.45) is 5.73 Å². The van der Waals surface area contributed by atoms with Gasteiger partial charge in [0.15, 0.2) is 5.78 Å². The number of carbonyl (C=O) groups is 2. The van der Waals surface area contributed by atoms with Gasteiger partial charge in [-0.25, -0.2) is 0 Å². The highest BCUT2D eigenvalue weighted by Crippen LogP contribution is 2.20. The van der Waals surface area contributed by atoms with Crippen LogP contribution in [-0.4, -0.2) is 42.7 Å². The topological polar surface area (TPSA) is 130 Å². The zero-order valence-corrected chi connectivity index (χ0v) is 17.1. The summed E-state index contributed by atoms with van der Waals surface area (Å²) in [6.45, 7) is 2.81. The number of anilines is 1. The van der Waals surface area contributed by atoms with Crippen molar-refractivity contribution >= 4 is 40.1 Å². The Balaban J connectivity index is 2.27. The zero-order chi connectivity index (χ0) is 20.9. The number of allylic oxidation sites excluding steroid dienone is 1. The lowest BCUT2D eigenvalue weighted by Crippen LogP contribution is -2.33. The first kappa shape index (κ1) is 22.0. The fourth-order valence-corrected chi connectivity index (χ4v) is 3.56. The lowest BCUT2D eigenvalue weighted by atomic mass is 10.1. The van der Waals surface area contributed by atoms with Gasteiger partial charge in [-0.15, -0.1) is 12.6 Å². The minimum atomic E-state index is -4.41. The predicted octanol–water partition coefficient (Wildman–Crippen LogP) is 1.93. The van der Waals surface area contributed by atoms with Crippen molar-refractivity contribution in [1.29, 1.82) is 0 Å². The van der Waals surface area contributed by atoms with E-state index in [4.69, 9.17) is 10.3 Å². The van der Waals surface area contributed by atoms with E-state index in [-0.39, 0.29) is 16.2 Å². The molecular formula is C18H23N3O5S2. The Morgan fingerprint density at radius 3 is 2.46 bits per heavy atom. The molecule has 4 N–H and O–H groups in total. The molecule has 1 heterocycles. The van der Waals surface area contributed by atoms with Crippen LogP contribution in [0, 0.1) is 0 Å². The molecule has 1 aliphatic heterocycles. The maximum Gasteiger partial charge on any atom is 0.294 e. The van der Waals surface area contributed by atoms with Crippen LogP contribution >= 0.6 is 12.6 Å². The standard InChI is InChI=1S/C18H23N3O5S2/c1-12(22)15(11-16(27)17(19)21-8-3-2-4-9-21)18(23)20-13-6-5-7-14(10-13)28(24,25)26/h5-7,10-11,27H,2-4,8-9,19H2,1H3,(H,20,23)(H,24,25,26)/b15-11+,17-16+. The number of thiol groups is 1. The second kappa shape index (κ2) is 9.26. The molecule has 0 aliphatic carbocycles. The van der Waals surface area contributed by atoms with Gasteiger partial charge in [0.2, 0.25) is 0 Å². The molecule has 0 spiro atoms. The highest BCUT2D eigenvalue weighted by molar-refractivity contribution is 7.85. The highest BCUT2D eigenvalue weighted by Gasteiger charge is 2.18. The van der Waals surface area contributed by atoms with Gasteiger partial charge >= 0.3 is 0 Å². The number of amides is 1. The monoisotopic (exact) mass is 425 g/mol. The third-order valence-corrected chi connectivity index (χ3v) is 5.46.